The lowest BCUT2D eigenvalue weighted by atomic mass is 9.78. The highest BCUT2D eigenvalue weighted by Gasteiger charge is 2.37. The average Bonchev–Trinajstić information content (AvgIpc) is 4.09. The molecule has 0 amide bonds. The number of nitrogens with zero attached hydrogens (tertiary/aromatic N) is 8. The van der Waals surface area contributed by atoms with Gasteiger partial charge in [0, 0.05) is 72.9 Å². The highest BCUT2D eigenvalue weighted by atomic mass is 32.1. The number of hydrogen-bond acceptors (Lipinski definition) is 14. The summed E-state index contributed by atoms with van der Waals surface area (Å²) in [7, 11) is 0. The van der Waals surface area contributed by atoms with Crippen LogP contribution in [-0.4, -0.2) is 79.7 Å². The van der Waals surface area contributed by atoms with Crippen molar-refractivity contribution in [3.8, 4) is 54.9 Å². The van der Waals surface area contributed by atoms with Crippen LogP contribution in [0, 0.1) is 19.7 Å². The van der Waals surface area contributed by atoms with Crippen LogP contribution >= 0.6 is 22.7 Å². The zero-order chi connectivity index (χ0) is 41.7. The van der Waals surface area contributed by atoms with Crippen molar-refractivity contribution < 1.29 is 14.2 Å². The molecule has 2 aliphatic carbocycles. The van der Waals surface area contributed by atoms with Crippen LogP contribution in [0.4, 0.5) is 16.0 Å². The number of thiazole rings is 2. The first-order valence-electron chi connectivity index (χ1n) is 21.5. The highest BCUT2D eigenvalue weighted by Crippen LogP contribution is 2.41. The summed E-state index contributed by atoms with van der Waals surface area (Å²) in [6.45, 7) is 12.1. The normalized spacial score (nSPS) is 20.4. The minimum atomic E-state index is -0.425. The molecule has 2 aromatic carbocycles. The van der Waals surface area contributed by atoms with E-state index in [-0.39, 0.29) is 16.8 Å². The Morgan fingerprint density at radius 3 is 1.67 bits per heavy atom. The van der Waals surface area contributed by atoms with E-state index in [0.717, 1.165) is 71.1 Å². The standard InChI is InChI=1S/C46H51FN10O2S2/c1-28-48-24-41(60-28)30-7-8-33(37-9-11-43(54-52-37)56-19-13-31(26-56)50-45(3)15-5-16-45)39(21-30)58-59-40-23-34(42-25-49-29(2)61-42)36(47)22-35(40)38-10-12-44(55-53-38)57-20-14-32(27-57)51-46(4)17-6-18-46/h7-12,21-25,31-32,50-51H,5-6,13-20,26-27H2,1-4H3/t31-,32?/m1/s1. The SMILES string of the molecule is Cc1ncc(-c2ccc(-c3ccc(N4CC[C@@H](NC5(C)CCC5)C4)nn3)c(OOc3cc(-c4cnc(C)s4)c(F)cc3-c3ccc(N4CCC(NC5(C)CCC5)C4)nn3)c2)s1. The zero-order valence-electron chi connectivity index (χ0n) is 35.1. The Labute approximate surface area is 363 Å². The molecular weight excluding hydrogens is 808 g/mol. The number of aromatic nitrogens is 6. The molecule has 0 spiro atoms. The quantitative estimate of drug-likeness (QED) is 0.0850. The van der Waals surface area contributed by atoms with E-state index >= 15 is 4.39 Å². The second-order valence-corrected chi connectivity index (χ2v) is 20.2. The molecule has 2 saturated carbocycles. The van der Waals surface area contributed by atoms with Gasteiger partial charge in [-0.15, -0.1) is 43.1 Å². The largest absolute Gasteiger partial charge is 0.354 e. The van der Waals surface area contributed by atoms with Crippen LogP contribution in [0.15, 0.2) is 67.0 Å². The molecule has 4 fully saturated rings. The minimum absolute atomic E-state index is 0.242. The lowest BCUT2D eigenvalue weighted by Crippen LogP contribution is -2.53. The van der Waals surface area contributed by atoms with Gasteiger partial charge in [-0.1, -0.05) is 6.07 Å². The maximum absolute atomic E-state index is 16.1. The summed E-state index contributed by atoms with van der Waals surface area (Å²) in [6, 6.07) is 17.7. The molecule has 2 aliphatic heterocycles. The Kier molecular flexibility index (Phi) is 10.7. The van der Waals surface area contributed by atoms with Gasteiger partial charge in [-0.25, -0.2) is 14.4 Å². The van der Waals surface area contributed by atoms with Crippen molar-refractivity contribution in [3.05, 3.63) is 82.8 Å². The van der Waals surface area contributed by atoms with Gasteiger partial charge in [0.1, 0.15) is 5.82 Å². The molecule has 4 aliphatic rings. The van der Waals surface area contributed by atoms with Gasteiger partial charge < -0.3 is 20.4 Å². The van der Waals surface area contributed by atoms with E-state index in [9.17, 15) is 0 Å². The summed E-state index contributed by atoms with van der Waals surface area (Å²) in [5.41, 5.74) is 3.96. The molecule has 10 rings (SSSR count). The first kappa shape index (κ1) is 40.0. The van der Waals surface area contributed by atoms with Crippen molar-refractivity contribution >= 4 is 34.3 Å². The van der Waals surface area contributed by atoms with E-state index in [1.807, 2.05) is 62.5 Å². The number of aryl methyl sites for hydroxylation is 2. The van der Waals surface area contributed by atoms with Crippen LogP contribution in [0.5, 0.6) is 11.5 Å². The molecule has 2 N–H and O–H groups in total. The molecule has 6 heterocycles. The van der Waals surface area contributed by atoms with Crippen molar-refractivity contribution in [2.45, 2.75) is 102 Å². The smallest absolute Gasteiger partial charge is 0.188 e. The van der Waals surface area contributed by atoms with E-state index in [4.69, 9.17) is 20.0 Å². The van der Waals surface area contributed by atoms with E-state index in [2.05, 4.69) is 54.4 Å². The van der Waals surface area contributed by atoms with Crippen molar-refractivity contribution in [1.82, 2.24) is 41.0 Å². The summed E-state index contributed by atoms with van der Waals surface area (Å²) >= 11 is 3.00. The zero-order valence-corrected chi connectivity index (χ0v) is 36.7. The van der Waals surface area contributed by atoms with Gasteiger partial charge in [0.2, 0.25) is 0 Å². The van der Waals surface area contributed by atoms with Crippen LogP contribution in [-0.2, 0) is 0 Å². The van der Waals surface area contributed by atoms with E-state index in [0.29, 0.717) is 50.8 Å². The number of nitrogens with one attached hydrogen (secondary N) is 2. The number of benzene rings is 2. The molecule has 0 bridgehead atoms. The number of rotatable bonds is 13. The summed E-state index contributed by atoms with van der Waals surface area (Å²) in [5.74, 6) is 1.91. The number of hydrogen-bond donors (Lipinski definition) is 2. The minimum Gasteiger partial charge on any atom is -0.354 e. The maximum atomic E-state index is 16.1. The van der Waals surface area contributed by atoms with Crippen LogP contribution < -0.4 is 30.2 Å². The summed E-state index contributed by atoms with van der Waals surface area (Å²) < 4.78 is 16.1. The monoisotopic (exact) mass is 858 g/mol. The topological polar surface area (TPSA) is 126 Å². The van der Waals surface area contributed by atoms with Gasteiger partial charge in [0.05, 0.1) is 36.7 Å². The van der Waals surface area contributed by atoms with Crippen molar-refractivity contribution in [2.24, 2.45) is 0 Å². The maximum Gasteiger partial charge on any atom is 0.188 e. The van der Waals surface area contributed by atoms with E-state index in [1.165, 1.54) is 55.9 Å². The molecule has 0 radical (unpaired) electrons. The third kappa shape index (κ3) is 8.45. The number of halogens is 1. The summed E-state index contributed by atoms with van der Waals surface area (Å²) in [6.07, 6.45) is 13.2. The molecule has 6 aromatic rings. The van der Waals surface area contributed by atoms with Crippen molar-refractivity contribution in [3.63, 3.8) is 0 Å². The van der Waals surface area contributed by atoms with Gasteiger partial charge in [-0.05, 0) is 133 Å². The third-order valence-electron chi connectivity index (χ3n) is 13.0. The lowest BCUT2D eigenvalue weighted by molar-refractivity contribution is -0.0987. The van der Waals surface area contributed by atoms with Gasteiger partial charge >= 0.3 is 0 Å². The Bertz CT molecular complexity index is 2520. The summed E-state index contributed by atoms with van der Waals surface area (Å²) in [5, 5.41) is 28.2. The first-order chi connectivity index (χ1) is 29.6. The fraction of sp³-hybridized carbons (Fsp3) is 0.435. The number of anilines is 2. The van der Waals surface area contributed by atoms with Crippen LogP contribution in [0.2, 0.25) is 0 Å². The fourth-order valence-corrected chi connectivity index (χ4v) is 10.7. The Morgan fingerprint density at radius 1 is 0.639 bits per heavy atom. The fourth-order valence-electron chi connectivity index (χ4n) is 9.17. The van der Waals surface area contributed by atoms with Crippen LogP contribution in [0.1, 0.15) is 75.2 Å². The second kappa shape index (κ2) is 16.3. The van der Waals surface area contributed by atoms with Gasteiger partial charge in [-0.3, -0.25) is 9.78 Å². The molecule has 12 nitrogen and oxygen atoms in total. The predicted molar refractivity (Wildman–Crippen MR) is 240 cm³/mol. The van der Waals surface area contributed by atoms with Crippen molar-refractivity contribution in [2.75, 3.05) is 36.0 Å². The second-order valence-electron chi connectivity index (χ2n) is 17.7. The highest BCUT2D eigenvalue weighted by molar-refractivity contribution is 7.15. The third-order valence-corrected chi connectivity index (χ3v) is 14.9. The molecule has 1 unspecified atom stereocenters. The molecule has 15 heteroatoms. The first-order valence-corrected chi connectivity index (χ1v) is 23.1. The molecule has 4 aromatic heterocycles. The van der Waals surface area contributed by atoms with Gasteiger partial charge in [-0.2, -0.15) is 0 Å². The van der Waals surface area contributed by atoms with E-state index in [1.54, 1.807) is 23.6 Å². The van der Waals surface area contributed by atoms with Crippen molar-refractivity contribution in [1.29, 1.82) is 0 Å². The molecule has 316 valence electrons. The average molecular weight is 859 g/mol. The van der Waals surface area contributed by atoms with Gasteiger partial charge in [0.15, 0.2) is 23.1 Å². The molecular formula is C46H51FN10O2S2. The van der Waals surface area contributed by atoms with E-state index < -0.39 is 5.82 Å². The molecule has 61 heavy (non-hydrogen) atoms. The van der Waals surface area contributed by atoms with Crippen LogP contribution in [0.3, 0.4) is 0 Å². The molecule has 2 saturated heterocycles. The van der Waals surface area contributed by atoms with Gasteiger partial charge in [0.25, 0.3) is 0 Å². The van der Waals surface area contributed by atoms with Crippen LogP contribution in [0.25, 0.3) is 43.4 Å². The Morgan fingerprint density at radius 2 is 1.18 bits per heavy atom. The lowest BCUT2D eigenvalue weighted by Gasteiger charge is -2.41. The Balaban J connectivity index is 0.934. The summed E-state index contributed by atoms with van der Waals surface area (Å²) in [4.78, 5) is 27.7. The Hall–Kier alpha value is -5.09. The predicted octanol–water partition coefficient (Wildman–Crippen LogP) is 9.20. The molecule has 2 atom stereocenters.